The summed E-state index contributed by atoms with van der Waals surface area (Å²) in [6.07, 6.45) is 1.72. The molecule has 0 N–H and O–H groups in total. The molecular formula is C10H23NO3. The van der Waals surface area contributed by atoms with Crippen molar-refractivity contribution >= 4 is 6.40 Å². The van der Waals surface area contributed by atoms with Crippen LogP contribution < -0.4 is 0 Å². The number of ether oxygens (including phenoxy) is 1. The number of nitrogens with zero attached hydrogens (tertiary/aromatic N) is 1. The van der Waals surface area contributed by atoms with Gasteiger partial charge in [0.1, 0.15) is 6.61 Å². The van der Waals surface area contributed by atoms with Crippen molar-refractivity contribution in [3.8, 4) is 0 Å². The Balaban J connectivity index is 0. The molecule has 0 saturated heterocycles. The Morgan fingerprint density at radius 2 is 1.79 bits per heavy atom. The van der Waals surface area contributed by atoms with E-state index < -0.39 is 0 Å². The van der Waals surface area contributed by atoms with Crippen LogP contribution in [0.2, 0.25) is 0 Å². The molecule has 0 aliphatic heterocycles. The molecule has 0 rings (SSSR count). The van der Waals surface area contributed by atoms with Gasteiger partial charge in [0, 0.05) is 0 Å². The fourth-order valence-electron chi connectivity index (χ4n) is 0.492. The lowest BCUT2D eigenvalue weighted by atomic mass is 10.5. The van der Waals surface area contributed by atoms with Gasteiger partial charge in [-0.25, -0.2) is 9.78 Å². The molecule has 0 atom stereocenters. The van der Waals surface area contributed by atoms with Gasteiger partial charge in [0.05, 0.1) is 18.8 Å². The van der Waals surface area contributed by atoms with E-state index >= 15 is 0 Å². The standard InChI is InChI=1S/C9H19NO3.CH4/c1-8(2)11-7-10-5-6-12-13-9(3)4;/h7-9H,5-6H2,1-4H3;1H4. The highest BCUT2D eigenvalue weighted by molar-refractivity contribution is 5.46. The molecule has 0 aliphatic rings. The first-order valence-corrected chi connectivity index (χ1v) is 4.55. The summed E-state index contributed by atoms with van der Waals surface area (Å²) in [6.45, 7) is 8.72. The number of aliphatic imine (C=N–C) groups is 1. The Kier molecular flexibility index (Phi) is 11.9. The minimum absolute atomic E-state index is 0. The maximum Gasteiger partial charge on any atom is 0.169 e. The third-order valence-corrected chi connectivity index (χ3v) is 0.972. The molecule has 0 heterocycles. The van der Waals surface area contributed by atoms with E-state index in [1.807, 2.05) is 27.7 Å². The predicted molar refractivity (Wildman–Crippen MR) is 58.5 cm³/mol. The fraction of sp³-hybridized carbons (Fsp3) is 0.900. The third-order valence-electron chi connectivity index (χ3n) is 0.972. The Labute approximate surface area is 87.2 Å². The minimum Gasteiger partial charge on any atom is -0.481 e. The third kappa shape index (κ3) is 13.9. The maximum absolute atomic E-state index is 5.08. The molecule has 0 aromatic rings. The van der Waals surface area contributed by atoms with Crippen LogP contribution in [0.25, 0.3) is 0 Å². The average Bonchev–Trinajstić information content (AvgIpc) is 2.01. The molecule has 4 heteroatoms. The van der Waals surface area contributed by atoms with Crippen molar-refractivity contribution < 1.29 is 14.5 Å². The molecule has 0 saturated carbocycles. The van der Waals surface area contributed by atoms with E-state index in [1.54, 1.807) is 0 Å². The second-order valence-corrected chi connectivity index (χ2v) is 3.16. The van der Waals surface area contributed by atoms with E-state index in [0.29, 0.717) is 13.2 Å². The van der Waals surface area contributed by atoms with Gasteiger partial charge in [0.2, 0.25) is 0 Å². The van der Waals surface area contributed by atoms with E-state index in [1.165, 1.54) is 6.40 Å². The monoisotopic (exact) mass is 205 g/mol. The predicted octanol–water partition coefficient (Wildman–Crippen LogP) is 2.43. The summed E-state index contributed by atoms with van der Waals surface area (Å²) in [6, 6.07) is 0. The zero-order chi connectivity index (χ0) is 10.1. The summed E-state index contributed by atoms with van der Waals surface area (Å²) in [5, 5.41) is 0. The van der Waals surface area contributed by atoms with Crippen LogP contribution in [-0.4, -0.2) is 31.8 Å². The van der Waals surface area contributed by atoms with Crippen LogP contribution in [0.3, 0.4) is 0 Å². The summed E-state index contributed by atoms with van der Waals surface area (Å²) < 4.78 is 5.08. The van der Waals surface area contributed by atoms with Gasteiger partial charge in [0.15, 0.2) is 6.40 Å². The van der Waals surface area contributed by atoms with Crippen LogP contribution in [0, 0.1) is 0 Å². The summed E-state index contributed by atoms with van der Waals surface area (Å²) in [5.74, 6) is 0. The molecule has 0 amide bonds. The number of rotatable bonds is 7. The quantitative estimate of drug-likeness (QED) is 0.211. The molecule has 14 heavy (non-hydrogen) atoms. The molecular weight excluding hydrogens is 182 g/mol. The molecule has 0 unspecified atom stereocenters. The molecule has 0 fully saturated rings. The van der Waals surface area contributed by atoms with Gasteiger partial charge >= 0.3 is 0 Å². The SMILES string of the molecule is C.CC(C)OC=NCCOOC(C)C. The van der Waals surface area contributed by atoms with Crippen molar-refractivity contribution in [3.05, 3.63) is 0 Å². The lowest BCUT2D eigenvalue weighted by Gasteiger charge is -2.05. The van der Waals surface area contributed by atoms with E-state index in [0.717, 1.165) is 0 Å². The van der Waals surface area contributed by atoms with Crippen molar-refractivity contribution in [2.75, 3.05) is 13.2 Å². The largest absolute Gasteiger partial charge is 0.481 e. The van der Waals surface area contributed by atoms with Gasteiger partial charge in [-0.3, -0.25) is 4.99 Å². The van der Waals surface area contributed by atoms with Gasteiger partial charge in [-0.15, -0.1) is 0 Å². The van der Waals surface area contributed by atoms with E-state index in [9.17, 15) is 0 Å². The molecule has 0 bridgehead atoms. The first-order chi connectivity index (χ1) is 6.13. The van der Waals surface area contributed by atoms with Crippen LogP contribution in [0.4, 0.5) is 0 Å². The summed E-state index contributed by atoms with van der Waals surface area (Å²) in [4.78, 5) is 13.6. The van der Waals surface area contributed by atoms with Gasteiger partial charge in [-0.05, 0) is 27.7 Å². The first kappa shape index (κ1) is 15.8. The van der Waals surface area contributed by atoms with Crippen LogP contribution in [-0.2, 0) is 14.5 Å². The Bertz CT molecular complexity index is 135. The second-order valence-electron chi connectivity index (χ2n) is 3.16. The van der Waals surface area contributed by atoms with Crippen LogP contribution >= 0.6 is 0 Å². The van der Waals surface area contributed by atoms with Crippen molar-refractivity contribution in [3.63, 3.8) is 0 Å². The van der Waals surface area contributed by atoms with Crippen molar-refractivity contribution in [2.45, 2.75) is 47.3 Å². The Hall–Kier alpha value is -0.610. The lowest BCUT2D eigenvalue weighted by molar-refractivity contribution is -0.314. The van der Waals surface area contributed by atoms with Crippen molar-refractivity contribution in [2.24, 2.45) is 4.99 Å². The highest BCUT2D eigenvalue weighted by atomic mass is 17.2. The summed E-state index contributed by atoms with van der Waals surface area (Å²) in [5.41, 5.74) is 0. The Morgan fingerprint density at radius 1 is 1.14 bits per heavy atom. The van der Waals surface area contributed by atoms with E-state index in [4.69, 9.17) is 14.5 Å². The molecule has 0 radical (unpaired) electrons. The highest BCUT2D eigenvalue weighted by Gasteiger charge is 1.92. The van der Waals surface area contributed by atoms with E-state index in [-0.39, 0.29) is 19.6 Å². The first-order valence-electron chi connectivity index (χ1n) is 4.55. The van der Waals surface area contributed by atoms with Crippen LogP contribution in [0.15, 0.2) is 4.99 Å². The smallest absolute Gasteiger partial charge is 0.169 e. The maximum atomic E-state index is 5.08. The number of hydrogen-bond acceptors (Lipinski definition) is 4. The zero-order valence-corrected chi connectivity index (χ0v) is 8.82. The topological polar surface area (TPSA) is 40.0 Å². The number of hydrogen-bond donors (Lipinski definition) is 0. The van der Waals surface area contributed by atoms with Crippen LogP contribution in [0.1, 0.15) is 35.1 Å². The van der Waals surface area contributed by atoms with Gasteiger partial charge in [0.25, 0.3) is 0 Å². The molecule has 86 valence electrons. The minimum atomic E-state index is 0. The summed E-state index contributed by atoms with van der Waals surface area (Å²) in [7, 11) is 0. The normalized spacial score (nSPS) is 11.0. The highest BCUT2D eigenvalue weighted by Crippen LogP contribution is 1.88. The molecule has 0 aromatic carbocycles. The van der Waals surface area contributed by atoms with Gasteiger partial charge in [-0.1, -0.05) is 7.43 Å². The Morgan fingerprint density at radius 3 is 2.29 bits per heavy atom. The van der Waals surface area contributed by atoms with Crippen molar-refractivity contribution in [1.29, 1.82) is 0 Å². The lowest BCUT2D eigenvalue weighted by Crippen LogP contribution is -2.07. The summed E-state index contributed by atoms with van der Waals surface area (Å²) >= 11 is 0. The molecule has 0 aromatic heterocycles. The molecule has 0 spiro atoms. The zero-order valence-electron chi connectivity index (χ0n) is 8.82. The molecule has 4 nitrogen and oxygen atoms in total. The van der Waals surface area contributed by atoms with E-state index in [2.05, 4.69) is 4.99 Å². The van der Waals surface area contributed by atoms with Crippen molar-refractivity contribution in [1.82, 2.24) is 0 Å². The van der Waals surface area contributed by atoms with Gasteiger partial charge in [-0.2, -0.15) is 0 Å². The van der Waals surface area contributed by atoms with Gasteiger partial charge < -0.3 is 4.74 Å². The fourth-order valence-corrected chi connectivity index (χ4v) is 0.492. The average molecular weight is 205 g/mol. The molecule has 0 aliphatic carbocycles. The second kappa shape index (κ2) is 10.5. The van der Waals surface area contributed by atoms with Crippen LogP contribution in [0.5, 0.6) is 0 Å².